The Labute approximate surface area is 104 Å². The number of ether oxygens (including phenoxy) is 1. The van der Waals surface area contributed by atoms with Gasteiger partial charge >= 0.3 is 0 Å². The van der Waals surface area contributed by atoms with E-state index in [0.717, 1.165) is 0 Å². The molecule has 1 aromatic rings. The van der Waals surface area contributed by atoms with Crippen molar-refractivity contribution in [3.05, 3.63) is 23.8 Å². The largest absolute Gasteiger partial charge is 0.479 e. The Bertz CT molecular complexity index is 546. The third-order valence-electron chi connectivity index (χ3n) is 2.70. The third kappa shape index (κ3) is 2.33. The summed E-state index contributed by atoms with van der Waals surface area (Å²) in [5, 5.41) is 11.1. The molecule has 1 amide bonds. The Morgan fingerprint density at radius 3 is 3.06 bits per heavy atom. The molecular formula is C13H12N2O3. The van der Waals surface area contributed by atoms with Gasteiger partial charge in [0.05, 0.1) is 11.8 Å². The molecule has 0 spiro atoms. The fourth-order valence-electron chi connectivity index (χ4n) is 1.70. The first-order chi connectivity index (χ1) is 8.61. The van der Waals surface area contributed by atoms with Crippen LogP contribution in [0.5, 0.6) is 5.75 Å². The molecule has 1 N–H and O–H groups in total. The van der Waals surface area contributed by atoms with E-state index in [-0.39, 0.29) is 24.5 Å². The summed E-state index contributed by atoms with van der Waals surface area (Å²) in [6, 6.07) is 6.81. The van der Waals surface area contributed by atoms with Gasteiger partial charge in [-0.05, 0) is 25.1 Å². The zero-order chi connectivity index (χ0) is 13.1. The molecular weight excluding hydrogens is 232 g/mol. The lowest BCUT2D eigenvalue weighted by Crippen LogP contribution is -2.34. The predicted molar refractivity (Wildman–Crippen MR) is 64.3 cm³/mol. The van der Waals surface area contributed by atoms with Gasteiger partial charge in [0.2, 0.25) is 0 Å². The summed E-state index contributed by atoms with van der Waals surface area (Å²) in [7, 11) is 0. The van der Waals surface area contributed by atoms with Gasteiger partial charge in [0.15, 0.2) is 11.9 Å². The van der Waals surface area contributed by atoms with Crippen LogP contribution in [-0.2, 0) is 4.79 Å². The van der Waals surface area contributed by atoms with Gasteiger partial charge in [-0.15, -0.1) is 0 Å². The molecule has 1 heterocycles. The summed E-state index contributed by atoms with van der Waals surface area (Å²) in [5.74, 6) is 0.204. The van der Waals surface area contributed by atoms with E-state index in [9.17, 15) is 9.59 Å². The first kappa shape index (κ1) is 12.1. The zero-order valence-corrected chi connectivity index (χ0v) is 9.90. The Hall–Kier alpha value is -2.35. The van der Waals surface area contributed by atoms with Crippen LogP contribution in [-0.4, -0.2) is 17.8 Å². The Kier molecular flexibility index (Phi) is 3.28. The molecule has 92 valence electrons. The molecule has 1 aliphatic rings. The standard InChI is InChI=1S/C13H12N2O3/c1-8-13(17)15-10-7-9(4-5-12(10)18-8)11(16)3-2-6-14/h4-5,7-8H,2-3H2,1H3,(H,15,17). The van der Waals surface area contributed by atoms with Crippen LogP contribution in [0.1, 0.15) is 30.1 Å². The van der Waals surface area contributed by atoms with E-state index in [1.54, 1.807) is 25.1 Å². The summed E-state index contributed by atoms with van der Waals surface area (Å²) < 4.78 is 5.38. The van der Waals surface area contributed by atoms with Gasteiger partial charge in [-0.3, -0.25) is 9.59 Å². The van der Waals surface area contributed by atoms with Crippen molar-refractivity contribution in [2.24, 2.45) is 0 Å². The lowest BCUT2D eigenvalue weighted by Gasteiger charge is -2.23. The number of nitrogens with one attached hydrogen (secondary N) is 1. The number of Topliss-reactive ketones (excluding diaryl/α,β-unsaturated/α-hetero) is 1. The number of fused-ring (bicyclic) bond motifs is 1. The van der Waals surface area contributed by atoms with Gasteiger partial charge in [0.25, 0.3) is 5.91 Å². The van der Waals surface area contributed by atoms with E-state index in [0.29, 0.717) is 17.0 Å². The number of amides is 1. The second kappa shape index (κ2) is 4.88. The first-order valence-corrected chi connectivity index (χ1v) is 5.63. The average Bonchev–Trinajstić information content (AvgIpc) is 2.36. The highest BCUT2D eigenvalue weighted by molar-refractivity contribution is 6.01. The third-order valence-corrected chi connectivity index (χ3v) is 2.70. The lowest BCUT2D eigenvalue weighted by atomic mass is 10.1. The number of nitriles is 1. The molecule has 5 heteroatoms. The minimum absolute atomic E-state index is 0.118. The SMILES string of the molecule is CC1Oc2ccc(C(=O)CCC#N)cc2NC1=O. The number of carbonyl (C=O) groups excluding carboxylic acids is 2. The zero-order valence-electron chi connectivity index (χ0n) is 9.90. The maximum atomic E-state index is 11.7. The number of carbonyl (C=O) groups is 2. The summed E-state index contributed by atoms with van der Waals surface area (Å²) in [5.41, 5.74) is 0.975. The lowest BCUT2D eigenvalue weighted by molar-refractivity contribution is -0.122. The number of ketones is 1. The van der Waals surface area contributed by atoms with Crippen molar-refractivity contribution in [3.63, 3.8) is 0 Å². The Morgan fingerprint density at radius 2 is 2.33 bits per heavy atom. The van der Waals surface area contributed by atoms with E-state index in [1.165, 1.54) is 0 Å². The molecule has 1 aliphatic heterocycles. The maximum absolute atomic E-state index is 11.7. The number of anilines is 1. The fourth-order valence-corrected chi connectivity index (χ4v) is 1.70. The highest BCUT2D eigenvalue weighted by atomic mass is 16.5. The van der Waals surface area contributed by atoms with Gasteiger partial charge < -0.3 is 10.1 Å². The molecule has 5 nitrogen and oxygen atoms in total. The molecule has 1 aromatic carbocycles. The number of benzene rings is 1. The smallest absolute Gasteiger partial charge is 0.265 e. The van der Waals surface area contributed by atoms with Crippen molar-refractivity contribution in [1.29, 1.82) is 5.26 Å². The molecule has 0 aliphatic carbocycles. The van der Waals surface area contributed by atoms with Gasteiger partial charge in [0.1, 0.15) is 5.75 Å². The van der Waals surface area contributed by atoms with Gasteiger partial charge in [0, 0.05) is 18.4 Å². The number of hydrogen-bond donors (Lipinski definition) is 1. The maximum Gasteiger partial charge on any atom is 0.265 e. The molecule has 0 saturated carbocycles. The normalized spacial score (nSPS) is 17.1. The molecule has 18 heavy (non-hydrogen) atoms. The molecule has 0 radical (unpaired) electrons. The topological polar surface area (TPSA) is 79.2 Å². The van der Waals surface area contributed by atoms with Crippen LogP contribution >= 0.6 is 0 Å². The molecule has 0 fully saturated rings. The summed E-state index contributed by atoms with van der Waals surface area (Å²) >= 11 is 0. The van der Waals surface area contributed by atoms with Crippen molar-refractivity contribution >= 4 is 17.4 Å². The van der Waals surface area contributed by atoms with Crippen molar-refractivity contribution in [2.45, 2.75) is 25.9 Å². The van der Waals surface area contributed by atoms with Crippen molar-refractivity contribution in [3.8, 4) is 11.8 Å². The average molecular weight is 244 g/mol. The summed E-state index contributed by atoms with van der Waals surface area (Å²) in [6.45, 7) is 1.66. The fraction of sp³-hybridized carbons (Fsp3) is 0.308. The molecule has 0 aromatic heterocycles. The van der Waals surface area contributed by atoms with Crippen LogP contribution in [0, 0.1) is 11.3 Å². The van der Waals surface area contributed by atoms with E-state index >= 15 is 0 Å². The van der Waals surface area contributed by atoms with Crippen LogP contribution < -0.4 is 10.1 Å². The van der Waals surface area contributed by atoms with Crippen LogP contribution in [0.15, 0.2) is 18.2 Å². The summed E-state index contributed by atoms with van der Waals surface area (Å²) in [6.07, 6.45) is -0.159. The van der Waals surface area contributed by atoms with Crippen LogP contribution in [0.4, 0.5) is 5.69 Å². The van der Waals surface area contributed by atoms with E-state index in [1.807, 2.05) is 6.07 Å². The van der Waals surface area contributed by atoms with E-state index < -0.39 is 6.10 Å². The van der Waals surface area contributed by atoms with Crippen molar-refractivity contribution in [1.82, 2.24) is 0 Å². The Balaban J connectivity index is 2.23. The van der Waals surface area contributed by atoms with E-state index in [4.69, 9.17) is 10.00 Å². The van der Waals surface area contributed by atoms with Gasteiger partial charge in [-0.2, -0.15) is 5.26 Å². The Morgan fingerprint density at radius 1 is 1.56 bits per heavy atom. The minimum Gasteiger partial charge on any atom is -0.479 e. The quantitative estimate of drug-likeness (QED) is 0.823. The van der Waals surface area contributed by atoms with Gasteiger partial charge in [-0.1, -0.05) is 0 Å². The molecule has 1 atom stereocenters. The number of rotatable bonds is 3. The highest BCUT2D eigenvalue weighted by Crippen LogP contribution is 2.30. The van der Waals surface area contributed by atoms with Gasteiger partial charge in [-0.25, -0.2) is 0 Å². The van der Waals surface area contributed by atoms with Crippen molar-refractivity contribution < 1.29 is 14.3 Å². The predicted octanol–water partition coefficient (Wildman–Crippen LogP) is 1.89. The summed E-state index contributed by atoms with van der Waals surface area (Å²) in [4.78, 5) is 23.2. The van der Waals surface area contributed by atoms with Crippen LogP contribution in [0.25, 0.3) is 0 Å². The molecule has 0 bridgehead atoms. The number of nitrogens with zero attached hydrogens (tertiary/aromatic N) is 1. The van der Waals surface area contributed by atoms with Crippen LogP contribution in [0.3, 0.4) is 0 Å². The molecule has 2 rings (SSSR count). The van der Waals surface area contributed by atoms with Crippen molar-refractivity contribution in [2.75, 3.05) is 5.32 Å². The van der Waals surface area contributed by atoms with Crippen LogP contribution in [0.2, 0.25) is 0 Å². The second-order valence-electron chi connectivity index (χ2n) is 4.04. The molecule has 1 unspecified atom stereocenters. The second-order valence-corrected chi connectivity index (χ2v) is 4.04. The highest BCUT2D eigenvalue weighted by Gasteiger charge is 2.24. The number of hydrogen-bond acceptors (Lipinski definition) is 4. The molecule has 0 saturated heterocycles. The minimum atomic E-state index is -0.530. The first-order valence-electron chi connectivity index (χ1n) is 5.63. The van der Waals surface area contributed by atoms with E-state index in [2.05, 4.69) is 5.32 Å². The monoisotopic (exact) mass is 244 g/mol.